The van der Waals surface area contributed by atoms with Gasteiger partial charge in [-0.15, -0.1) is 0 Å². The molecule has 0 bridgehead atoms. The van der Waals surface area contributed by atoms with Gasteiger partial charge in [-0.3, -0.25) is 4.79 Å². The minimum Gasteiger partial charge on any atom is -0.508 e. The Kier molecular flexibility index (Phi) is 7.60. The first kappa shape index (κ1) is 23.4. The second-order valence-corrected chi connectivity index (χ2v) is 8.31. The Morgan fingerprint density at radius 2 is 1.88 bits per heavy atom. The molecule has 0 saturated heterocycles. The van der Waals surface area contributed by atoms with Crippen molar-refractivity contribution < 1.29 is 19.4 Å². The Morgan fingerprint density at radius 3 is 2.56 bits per heavy atom. The van der Waals surface area contributed by atoms with Crippen LogP contribution >= 0.6 is 11.6 Å². The van der Waals surface area contributed by atoms with E-state index in [1.807, 2.05) is 37.3 Å². The van der Waals surface area contributed by atoms with E-state index in [1.54, 1.807) is 25.3 Å². The molecule has 0 aliphatic rings. The average Bonchev–Trinajstić information content (AvgIpc) is 2.77. The van der Waals surface area contributed by atoms with Gasteiger partial charge < -0.3 is 14.6 Å². The minimum atomic E-state index is -0.187. The Bertz CT molecular complexity index is 1150. The summed E-state index contributed by atoms with van der Waals surface area (Å²) < 4.78 is 11.7. The fourth-order valence-electron chi connectivity index (χ4n) is 3.34. The van der Waals surface area contributed by atoms with Gasteiger partial charge in [0.15, 0.2) is 5.78 Å². The predicted molar refractivity (Wildman–Crippen MR) is 129 cm³/mol. The highest BCUT2D eigenvalue weighted by atomic mass is 35.5. The van der Waals surface area contributed by atoms with Gasteiger partial charge in [0.2, 0.25) is 0 Å². The van der Waals surface area contributed by atoms with Crippen molar-refractivity contribution in [1.82, 2.24) is 0 Å². The van der Waals surface area contributed by atoms with Crippen molar-refractivity contribution in [1.29, 1.82) is 0 Å². The molecule has 5 heteroatoms. The first-order valence-electron chi connectivity index (χ1n) is 10.4. The smallest absolute Gasteiger partial charge is 0.185 e. The number of hydrogen-bond donors (Lipinski definition) is 1. The highest BCUT2D eigenvalue weighted by molar-refractivity contribution is 6.31. The lowest BCUT2D eigenvalue weighted by Crippen LogP contribution is -2.03. The number of allylic oxidation sites excluding steroid dienone is 1. The number of benzene rings is 3. The first-order valence-corrected chi connectivity index (χ1v) is 10.8. The molecule has 0 radical (unpaired) electrons. The number of phenolic OH excluding ortho intramolecular Hbond substituents is 1. The molecule has 3 rings (SSSR count). The molecule has 0 aliphatic carbocycles. The van der Waals surface area contributed by atoms with Crippen LogP contribution < -0.4 is 9.47 Å². The summed E-state index contributed by atoms with van der Waals surface area (Å²) in [5.41, 5.74) is 4.14. The van der Waals surface area contributed by atoms with Crippen molar-refractivity contribution in [3.8, 4) is 17.2 Å². The number of methoxy groups -OCH3 is 1. The first-order chi connectivity index (χ1) is 15.3. The zero-order valence-corrected chi connectivity index (χ0v) is 19.4. The van der Waals surface area contributed by atoms with E-state index in [0.717, 1.165) is 33.0 Å². The standard InChI is InChI=1S/C27H27ClO4/c1-17(2)23-15-24(28)18(3)12-27(23)32-16-21-13-19(9-11-26(21)31-4)8-10-25(30)20-6-5-7-22(29)14-20/h5-15,17,29H,16H2,1-4H3/b10-8+. The van der Waals surface area contributed by atoms with Gasteiger partial charge >= 0.3 is 0 Å². The molecule has 0 atom stereocenters. The Hall–Kier alpha value is -3.24. The van der Waals surface area contributed by atoms with Crippen molar-refractivity contribution >= 4 is 23.5 Å². The molecule has 0 saturated carbocycles. The lowest BCUT2D eigenvalue weighted by atomic mass is 10.0. The Balaban J connectivity index is 1.81. The fraction of sp³-hybridized carbons (Fsp3) is 0.222. The normalized spacial score (nSPS) is 11.2. The number of ketones is 1. The van der Waals surface area contributed by atoms with E-state index in [4.69, 9.17) is 21.1 Å². The summed E-state index contributed by atoms with van der Waals surface area (Å²) in [5.74, 6) is 1.64. The van der Waals surface area contributed by atoms with Crippen LogP contribution in [-0.4, -0.2) is 18.0 Å². The lowest BCUT2D eigenvalue weighted by Gasteiger charge is -2.17. The number of phenols is 1. The van der Waals surface area contributed by atoms with Gasteiger partial charge in [-0.1, -0.05) is 49.7 Å². The molecule has 166 valence electrons. The van der Waals surface area contributed by atoms with Crippen molar-refractivity contribution in [2.45, 2.75) is 33.3 Å². The summed E-state index contributed by atoms with van der Waals surface area (Å²) in [6.45, 7) is 6.47. The third kappa shape index (κ3) is 5.71. The van der Waals surface area contributed by atoms with Crippen LogP contribution in [0.5, 0.6) is 17.2 Å². The molecule has 0 amide bonds. The van der Waals surface area contributed by atoms with Crippen LogP contribution in [0.1, 0.15) is 52.4 Å². The molecular formula is C27H27ClO4. The maximum Gasteiger partial charge on any atom is 0.185 e. The van der Waals surface area contributed by atoms with Gasteiger partial charge in [0.25, 0.3) is 0 Å². The molecule has 3 aromatic carbocycles. The van der Waals surface area contributed by atoms with Crippen molar-refractivity contribution in [2.75, 3.05) is 7.11 Å². The SMILES string of the molecule is COc1ccc(/C=C/C(=O)c2cccc(O)c2)cc1COc1cc(C)c(Cl)cc1C(C)C. The molecule has 3 aromatic rings. The van der Waals surface area contributed by atoms with Crippen LogP contribution in [-0.2, 0) is 6.61 Å². The zero-order chi connectivity index (χ0) is 23.3. The quantitative estimate of drug-likeness (QED) is 0.297. The molecule has 4 nitrogen and oxygen atoms in total. The number of aromatic hydroxyl groups is 1. The second-order valence-electron chi connectivity index (χ2n) is 7.90. The fourth-order valence-corrected chi connectivity index (χ4v) is 3.52. The van der Waals surface area contributed by atoms with Crippen LogP contribution in [0.25, 0.3) is 6.08 Å². The summed E-state index contributed by atoms with van der Waals surface area (Å²) in [4.78, 5) is 12.4. The topological polar surface area (TPSA) is 55.8 Å². The van der Waals surface area contributed by atoms with E-state index in [2.05, 4.69) is 13.8 Å². The molecule has 0 aromatic heterocycles. The second kappa shape index (κ2) is 10.4. The highest BCUT2D eigenvalue weighted by Crippen LogP contribution is 2.33. The average molecular weight is 451 g/mol. The number of rotatable bonds is 8. The van der Waals surface area contributed by atoms with E-state index in [1.165, 1.54) is 18.2 Å². The molecule has 32 heavy (non-hydrogen) atoms. The van der Waals surface area contributed by atoms with Crippen molar-refractivity contribution in [3.05, 3.63) is 93.5 Å². The van der Waals surface area contributed by atoms with E-state index in [0.29, 0.717) is 17.9 Å². The van der Waals surface area contributed by atoms with Crippen LogP contribution in [0.2, 0.25) is 5.02 Å². The van der Waals surface area contributed by atoms with E-state index >= 15 is 0 Å². The molecule has 0 unspecified atom stereocenters. The molecule has 0 heterocycles. The summed E-state index contributed by atoms with van der Waals surface area (Å²) in [7, 11) is 1.62. The van der Waals surface area contributed by atoms with Gasteiger partial charge in [0.05, 0.1) is 7.11 Å². The third-order valence-electron chi connectivity index (χ3n) is 5.16. The number of hydrogen-bond acceptors (Lipinski definition) is 4. The van der Waals surface area contributed by atoms with Crippen molar-refractivity contribution in [2.24, 2.45) is 0 Å². The number of aryl methyl sites for hydroxylation is 1. The molecule has 0 aliphatic heterocycles. The summed E-state index contributed by atoms with van der Waals surface area (Å²) in [5, 5.41) is 10.3. The minimum absolute atomic E-state index is 0.0614. The van der Waals surface area contributed by atoms with Gasteiger partial charge in [-0.25, -0.2) is 0 Å². The number of carbonyl (C=O) groups is 1. The van der Waals surface area contributed by atoms with Crippen molar-refractivity contribution in [3.63, 3.8) is 0 Å². The molecule has 1 N–H and O–H groups in total. The van der Waals surface area contributed by atoms with Gasteiger partial charge in [-0.05, 0) is 72.0 Å². The Labute approximate surface area is 194 Å². The van der Waals surface area contributed by atoms with Crippen LogP contribution in [0, 0.1) is 6.92 Å². The predicted octanol–water partition coefficient (Wildman–Crippen LogP) is 6.96. The Morgan fingerprint density at radius 1 is 1.09 bits per heavy atom. The molecular weight excluding hydrogens is 424 g/mol. The van der Waals surface area contributed by atoms with Gasteiger partial charge in [-0.2, -0.15) is 0 Å². The number of carbonyl (C=O) groups excluding carboxylic acids is 1. The van der Waals surface area contributed by atoms with Crippen LogP contribution in [0.4, 0.5) is 0 Å². The van der Waals surface area contributed by atoms with E-state index < -0.39 is 0 Å². The largest absolute Gasteiger partial charge is 0.508 e. The number of ether oxygens (including phenoxy) is 2. The molecule has 0 spiro atoms. The lowest BCUT2D eigenvalue weighted by molar-refractivity contribution is 0.104. The summed E-state index contributed by atoms with van der Waals surface area (Å²) in [6.07, 6.45) is 3.22. The summed E-state index contributed by atoms with van der Waals surface area (Å²) in [6, 6.07) is 15.9. The summed E-state index contributed by atoms with van der Waals surface area (Å²) >= 11 is 6.30. The van der Waals surface area contributed by atoms with E-state index in [-0.39, 0.29) is 17.5 Å². The zero-order valence-electron chi connectivity index (χ0n) is 18.7. The maximum absolute atomic E-state index is 12.4. The van der Waals surface area contributed by atoms with Gasteiger partial charge in [0.1, 0.15) is 23.9 Å². The maximum atomic E-state index is 12.4. The highest BCUT2D eigenvalue weighted by Gasteiger charge is 2.13. The number of halogens is 1. The molecule has 0 fully saturated rings. The third-order valence-corrected chi connectivity index (χ3v) is 5.57. The monoisotopic (exact) mass is 450 g/mol. The van der Waals surface area contributed by atoms with Crippen LogP contribution in [0.3, 0.4) is 0 Å². The van der Waals surface area contributed by atoms with Gasteiger partial charge in [0, 0.05) is 16.1 Å². The van der Waals surface area contributed by atoms with Crippen LogP contribution in [0.15, 0.2) is 60.7 Å². The van der Waals surface area contributed by atoms with E-state index in [9.17, 15) is 9.90 Å².